The van der Waals surface area contributed by atoms with Gasteiger partial charge in [-0.05, 0) is 0 Å². The van der Waals surface area contributed by atoms with E-state index in [1.54, 1.807) is 12.3 Å². The second kappa shape index (κ2) is 2.70. The summed E-state index contributed by atoms with van der Waals surface area (Å²) >= 11 is 0. The first-order chi connectivity index (χ1) is 5.86. The van der Waals surface area contributed by atoms with Crippen molar-refractivity contribution in [3.63, 3.8) is 0 Å². The van der Waals surface area contributed by atoms with Gasteiger partial charge in [0.2, 0.25) is 5.91 Å². The number of aliphatic imine (C=N–C) groups is 1. The molecule has 0 bridgehead atoms. The minimum Gasteiger partial charge on any atom is -0.347 e. The molecule has 0 aromatic heterocycles. The number of hydrogen-bond donors (Lipinski definition) is 2. The van der Waals surface area contributed by atoms with Crippen LogP contribution in [0.3, 0.4) is 0 Å². The summed E-state index contributed by atoms with van der Waals surface area (Å²) in [5, 5.41) is 5.65. The molecule has 2 rings (SSSR count). The van der Waals surface area contributed by atoms with Gasteiger partial charge in [-0.2, -0.15) is 0 Å². The standard InChI is InChI=1S/C8H7N3O/c12-7-5-10-8-6(11-7)3-1-2-4-9-8/h2,4,6H,5H2,(H,9,10)(H,11,12). The Balaban J connectivity index is 2.30. The maximum atomic E-state index is 10.9. The molecular formula is C8H7N3O. The first-order valence-corrected chi connectivity index (χ1v) is 3.62. The Labute approximate surface area is 69.7 Å². The quantitative estimate of drug-likeness (QED) is 0.448. The third-order valence-electron chi connectivity index (χ3n) is 1.60. The molecule has 4 nitrogen and oxygen atoms in total. The van der Waals surface area contributed by atoms with Gasteiger partial charge in [0, 0.05) is 12.3 Å². The lowest BCUT2D eigenvalue weighted by atomic mass is 10.2. The predicted octanol–water partition coefficient (Wildman–Crippen LogP) is -0.996. The van der Waals surface area contributed by atoms with Crippen LogP contribution in [-0.2, 0) is 4.79 Å². The Morgan fingerprint density at radius 1 is 1.67 bits per heavy atom. The van der Waals surface area contributed by atoms with Crippen molar-refractivity contribution in [3.05, 3.63) is 12.3 Å². The summed E-state index contributed by atoms with van der Waals surface area (Å²) in [6, 6.07) is -0.263. The molecule has 2 aliphatic heterocycles. The first kappa shape index (κ1) is 6.92. The van der Waals surface area contributed by atoms with Gasteiger partial charge in [0.05, 0.1) is 0 Å². The zero-order valence-corrected chi connectivity index (χ0v) is 6.29. The van der Waals surface area contributed by atoms with Crippen molar-refractivity contribution in [1.82, 2.24) is 10.6 Å². The Bertz CT molecular complexity index is 332. The number of carbonyl (C=O) groups is 1. The molecule has 0 fully saturated rings. The third-order valence-corrected chi connectivity index (χ3v) is 1.60. The number of carbonyl (C=O) groups excluding carboxylic acids is 1. The summed E-state index contributed by atoms with van der Waals surface area (Å²) in [7, 11) is 0. The largest absolute Gasteiger partial charge is 0.347 e. The fourth-order valence-corrected chi connectivity index (χ4v) is 1.06. The van der Waals surface area contributed by atoms with Crippen LogP contribution in [0.4, 0.5) is 0 Å². The zero-order chi connectivity index (χ0) is 8.39. The summed E-state index contributed by atoms with van der Waals surface area (Å²) in [4.78, 5) is 14.9. The first-order valence-electron chi connectivity index (χ1n) is 3.62. The molecule has 1 atom stereocenters. The number of amides is 1. The van der Waals surface area contributed by atoms with Crippen molar-refractivity contribution in [1.29, 1.82) is 0 Å². The number of hydrogen-bond acceptors (Lipinski definition) is 3. The van der Waals surface area contributed by atoms with Gasteiger partial charge in [-0.1, -0.05) is 11.8 Å². The Hall–Kier alpha value is -1.76. The molecule has 0 aliphatic carbocycles. The molecule has 60 valence electrons. The maximum Gasteiger partial charge on any atom is 0.243 e. The molecule has 2 heterocycles. The van der Waals surface area contributed by atoms with Crippen LogP contribution < -0.4 is 10.6 Å². The van der Waals surface area contributed by atoms with E-state index in [9.17, 15) is 4.79 Å². The highest BCUT2D eigenvalue weighted by molar-refractivity contribution is 5.99. The Kier molecular flexibility index (Phi) is 1.56. The van der Waals surface area contributed by atoms with E-state index in [0.29, 0.717) is 0 Å². The molecule has 4 heteroatoms. The summed E-state index contributed by atoms with van der Waals surface area (Å²) in [6.07, 6.45) is 3.40. The highest BCUT2D eigenvalue weighted by Crippen LogP contribution is 1.95. The van der Waals surface area contributed by atoms with Crippen LogP contribution >= 0.6 is 0 Å². The van der Waals surface area contributed by atoms with Crippen LogP contribution in [0, 0.1) is 11.8 Å². The van der Waals surface area contributed by atoms with E-state index in [2.05, 4.69) is 27.5 Å². The van der Waals surface area contributed by atoms with E-state index in [1.165, 1.54) is 0 Å². The van der Waals surface area contributed by atoms with Gasteiger partial charge < -0.3 is 10.6 Å². The summed E-state index contributed by atoms with van der Waals surface area (Å²) < 4.78 is 0. The second-order valence-electron chi connectivity index (χ2n) is 2.47. The predicted molar refractivity (Wildman–Crippen MR) is 44.3 cm³/mol. The zero-order valence-electron chi connectivity index (χ0n) is 6.29. The molecule has 0 saturated heterocycles. The topological polar surface area (TPSA) is 53.5 Å². The molecule has 0 aromatic carbocycles. The van der Waals surface area contributed by atoms with Crippen molar-refractivity contribution in [3.8, 4) is 11.8 Å². The van der Waals surface area contributed by atoms with Crippen LogP contribution in [-0.4, -0.2) is 24.3 Å². The van der Waals surface area contributed by atoms with Crippen molar-refractivity contribution < 1.29 is 4.79 Å². The summed E-state index contributed by atoms with van der Waals surface area (Å²) in [6.45, 7) is 0.189. The summed E-state index contributed by atoms with van der Waals surface area (Å²) in [5.74, 6) is 6.27. The molecule has 2 N–H and O–H groups in total. The van der Waals surface area contributed by atoms with Gasteiger partial charge in [-0.3, -0.25) is 9.79 Å². The molecule has 1 amide bonds. The number of nitrogens with one attached hydrogen (secondary N) is 2. The van der Waals surface area contributed by atoms with E-state index in [0.717, 1.165) is 5.84 Å². The lowest BCUT2D eigenvalue weighted by Gasteiger charge is -2.18. The average molecular weight is 161 g/mol. The Morgan fingerprint density at radius 2 is 2.58 bits per heavy atom. The highest BCUT2D eigenvalue weighted by Gasteiger charge is 2.20. The number of amidine groups is 1. The molecular weight excluding hydrogens is 154 g/mol. The van der Waals surface area contributed by atoms with Gasteiger partial charge in [0.1, 0.15) is 18.4 Å². The van der Waals surface area contributed by atoms with E-state index < -0.39 is 0 Å². The molecule has 0 spiro atoms. The monoisotopic (exact) mass is 161 g/mol. The van der Waals surface area contributed by atoms with Crippen LogP contribution in [0.1, 0.15) is 0 Å². The fraction of sp³-hybridized carbons (Fsp3) is 0.250. The number of rotatable bonds is 0. The van der Waals surface area contributed by atoms with Gasteiger partial charge in [0.25, 0.3) is 0 Å². The van der Waals surface area contributed by atoms with Gasteiger partial charge in [0.15, 0.2) is 0 Å². The van der Waals surface area contributed by atoms with E-state index in [-0.39, 0.29) is 18.5 Å². The minimum atomic E-state index is -0.263. The van der Waals surface area contributed by atoms with Gasteiger partial charge in [-0.15, -0.1) is 0 Å². The molecule has 2 aliphatic rings. The third kappa shape index (κ3) is 1.17. The minimum absolute atomic E-state index is 0.0817. The van der Waals surface area contributed by atoms with Crippen molar-refractivity contribution in [2.24, 2.45) is 4.99 Å². The lowest BCUT2D eigenvalue weighted by molar-refractivity contribution is -0.120. The van der Waals surface area contributed by atoms with Crippen LogP contribution in [0.15, 0.2) is 17.3 Å². The average Bonchev–Trinajstić information content (AvgIpc) is 2.28. The molecule has 0 saturated carbocycles. The maximum absolute atomic E-state index is 10.9. The smallest absolute Gasteiger partial charge is 0.243 e. The fourth-order valence-electron chi connectivity index (χ4n) is 1.06. The van der Waals surface area contributed by atoms with E-state index in [1.807, 2.05) is 0 Å². The molecule has 12 heavy (non-hydrogen) atoms. The van der Waals surface area contributed by atoms with Gasteiger partial charge in [-0.25, -0.2) is 0 Å². The lowest BCUT2D eigenvalue weighted by Crippen LogP contribution is -2.49. The van der Waals surface area contributed by atoms with Gasteiger partial charge >= 0.3 is 0 Å². The van der Waals surface area contributed by atoms with Crippen LogP contribution in [0.25, 0.3) is 0 Å². The highest BCUT2D eigenvalue weighted by atomic mass is 16.2. The Morgan fingerprint density at radius 3 is 3.50 bits per heavy atom. The van der Waals surface area contributed by atoms with Crippen molar-refractivity contribution in [2.75, 3.05) is 6.54 Å². The van der Waals surface area contributed by atoms with Crippen molar-refractivity contribution in [2.45, 2.75) is 6.04 Å². The number of allylic oxidation sites excluding steroid dienone is 1. The summed E-state index contributed by atoms with van der Waals surface area (Å²) in [5.41, 5.74) is 0. The van der Waals surface area contributed by atoms with Crippen LogP contribution in [0.5, 0.6) is 0 Å². The second-order valence-corrected chi connectivity index (χ2v) is 2.47. The van der Waals surface area contributed by atoms with Crippen LogP contribution in [0.2, 0.25) is 0 Å². The van der Waals surface area contributed by atoms with Crippen molar-refractivity contribution >= 4 is 11.7 Å². The van der Waals surface area contributed by atoms with E-state index in [4.69, 9.17) is 0 Å². The molecule has 0 aromatic rings. The molecule has 1 unspecified atom stereocenters. The number of fused-ring (bicyclic) bond motifs is 1. The number of nitrogens with zero attached hydrogens (tertiary/aromatic N) is 1. The van der Waals surface area contributed by atoms with E-state index >= 15 is 0 Å². The SMILES string of the molecule is O=C1CN=C2NC=CC#CC2N1. The molecule has 0 radical (unpaired) electrons. The normalized spacial score (nSPS) is 25.2.